The fourth-order valence-electron chi connectivity index (χ4n) is 2.52. The van der Waals surface area contributed by atoms with E-state index in [1.54, 1.807) is 33.7 Å². The van der Waals surface area contributed by atoms with Crippen LogP contribution < -0.4 is 18.9 Å². The second-order valence-electron chi connectivity index (χ2n) is 5.41. The van der Waals surface area contributed by atoms with Crippen LogP contribution in [-0.4, -0.2) is 31.3 Å². The van der Waals surface area contributed by atoms with Crippen molar-refractivity contribution in [3.05, 3.63) is 60.6 Å². The number of benzene rings is 1. The van der Waals surface area contributed by atoms with E-state index in [0.29, 0.717) is 29.7 Å². The highest BCUT2D eigenvalue weighted by molar-refractivity contribution is 5.70. The topological polar surface area (TPSA) is 62.7 Å². The molecule has 0 N–H and O–H groups in total. The number of pyridine rings is 2. The third kappa shape index (κ3) is 3.85. The van der Waals surface area contributed by atoms with E-state index in [1.807, 2.05) is 42.5 Å². The van der Waals surface area contributed by atoms with Crippen LogP contribution in [0, 0.1) is 0 Å². The van der Waals surface area contributed by atoms with Crippen LogP contribution in [0.3, 0.4) is 0 Å². The monoisotopic (exact) mass is 352 g/mol. The number of methoxy groups -OCH3 is 3. The standard InChI is InChI=1S/C20H20N2O4/c1-23-17-10-15(11-18(24-2)20(17)25-3)14-7-8-19(22-12-14)26-13-16-6-4-5-9-21-16/h4-12H,13H2,1-3H3. The fourth-order valence-corrected chi connectivity index (χ4v) is 2.52. The predicted octanol–water partition coefficient (Wildman–Crippen LogP) is 3.75. The van der Waals surface area contributed by atoms with Gasteiger partial charge in [0.1, 0.15) is 6.61 Å². The van der Waals surface area contributed by atoms with E-state index < -0.39 is 0 Å². The highest BCUT2D eigenvalue weighted by Gasteiger charge is 2.14. The summed E-state index contributed by atoms with van der Waals surface area (Å²) >= 11 is 0. The van der Waals surface area contributed by atoms with Crippen molar-refractivity contribution < 1.29 is 18.9 Å². The van der Waals surface area contributed by atoms with Crippen molar-refractivity contribution in [1.29, 1.82) is 0 Å². The lowest BCUT2D eigenvalue weighted by atomic mass is 10.1. The van der Waals surface area contributed by atoms with Gasteiger partial charge in [-0.05, 0) is 35.9 Å². The fraction of sp³-hybridized carbons (Fsp3) is 0.200. The summed E-state index contributed by atoms with van der Waals surface area (Å²) in [4.78, 5) is 8.58. The van der Waals surface area contributed by atoms with Crippen LogP contribution in [0.15, 0.2) is 54.9 Å². The van der Waals surface area contributed by atoms with Gasteiger partial charge in [0.25, 0.3) is 0 Å². The largest absolute Gasteiger partial charge is 0.493 e. The Morgan fingerprint density at radius 3 is 2.12 bits per heavy atom. The molecule has 2 aromatic heterocycles. The van der Waals surface area contributed by atoms with E-state index in [-0.39, 0.29) is 0 Å². The minimum absolute atomic E-state index is 0.372. The third-order valence-electron chi connectivity index (χ3n) is 3.83. The minimum atomic E-state index is 0.372. The summed E-state index contributed by atoms with van der Waals surface area (Å²) in [6.45, 7) is 0.372. The molecule has 0 spiro atoms. The van der Waals surface area contributed by atoms with Crippen LogP contribution in [0.25, 0.3) is 11.1 Å². The molecule has 2 heterocycles. The van der Waals surface area contributed by atoms with Crippen LogP contribution >= 0.6 is 0 Å². The summed E-state index contributed by atoms with van der Waals surface area (Å²) in [6.07, 6.45) is 3.48. The normalized spacial score (nSPS) is 10.3. The van der Waals surface area contributed by atoms with Crippen LogP contribution in [-0.2, 0) is 6.61 Å². The first-order chi connectivity index (χ1) is 12.7. The first-order valence-corrected chi connectivity index (χ1v) is 8.04. The van der Waals surface area contributed by atoms with Gasteiger partial charge in [-0.25, -0.2) is 4.98 Å². The molecule has 0 radical (unpaired) electrons. The van der Waals surface area contributed by atoms with E-state index >= 15 is 0 Å². The lowest BCUT2D eigenvalue weighted by Gasteiger charge is -2.14. The van der Waals surface area contributed by atoms with Crippen LogP contribution in [0.1, 0.15) is 5.69 Å². The summed E-state index contributed by atoms with van der Waals surface area (Å²) in [6, 6.07) is 13.2. The molecule has 6 nitrogen and oxygen atoms in total. The highest BCUT2D eigenvalue weighted by atomic mass is 16.5. The zero-order chi connectivity index (χ0) is 18.4. The maximum Gasteiger partial charge on any atom is 0.213 e. The molecule has 0 aliphatic carbocycles. The number of nitrogens with zero attached hydrogens (tertiary/aromatic N) is 2. The Bertz CT molecular complexity index is 826. The molecule has 3 aromatic rings. The molecule has 26 heavy (non-hydrogen) atoms. The second-order valence-corrected chi connectivity index (χ2v) is 5.41. The number of aromatic nitrogens is 2. The van der Waals surface area contributed by atoms with Crippen LogP contribution in [0.4, 0.5) is 0 Å². The maximum absolute atomic E-state index is 5.67. The molecule has 0 atom stereocenters. The van der Waals surface area contributed by atoms with Gasteiger partial charge in [-0.3, -0.25) is 4.98 Å². The molecule has 0 aliphatic heterocycles. The molecule has 0 saturated carbocycles. The zero-order valence-electron chi connectivity index (χ0n) is 14.9. The SMILES string of the molecule is COc1cc(-c2ccc(OCc3ccccn3)nc2)cc(OC)c1OC. The van der Waals surface area contributed by atoms with Crippen molar-refractivity contribution >= 4 is 0 Å². The summed E-state index contributed by atoms with van der Waals surface area (Å²) in [7, 11) is 4.76. The second kappa shape index (κ2) is 8.20. The highest BCUT2D eigenvalue weighted by Crippen LogP contribution is 2.41. The molecule has 0 fully saturated rings. The van der Waals surface area contributed by atoms with Gasteiger partial charge >= 0.3 is 0 Å². The zero-order valence-corrected chi connectivity index (χ0v) is 14.9. The van der Waals surface area contributed by atoms with Crippen molar-refractivity contribution in [2.45, 2.75) is 6.61 Å². The lowest BCUT2D eigenvalue weighted by Crippen LogP contribution is -1.99. The molecular weight excluding hydrogens is 332 g/mol. The van der Waals surface area contributed by atoms with E-state index in [1.165, 1.54) is 0 Å². The molecule has 3 rings (SSSR count). The van der Waals surface area contributed by atoms with Crippen LogP contribution in [0.5, 0.6) is 23.1 Å². The average Bonchev–Trinajstić information content (AvgIpc) is 2.72. The van der Waals surface area contributed by atoms with Crippen molar-refractivity contribution in [2.75, 3.05) is 21.3 Å². The van der Waals surface area contributed by atoms with Gasteiger partial charge in [0.15, 0.2) is 11.5 Å². The Balaban J connectivity index is 1.80. The Hall–Kier alpha value is -3.28. The van der Waals surface area contributed by atoms with Gasteiger partial charge in [0, 0.05) is 24.0 Å². The number of hydrogen-bond acceptors (Lipinski definition) is 6. The summed E-state index contributed by atoms with van der Waals surface area (Å²) < 4.78 is 21.8. The van der Waals surface area contributed by atoms with Gasteiger partial charge < -0.3 is 18.9 Å². The molecule has 1 aromatic carbocycles. The van der Waals surface area contributed by atoms with Gasteiger partial charge in [0.2, 0.25) is 11.6 Å². The molecule has 0 unspecified atom stereocenters. The van der Waals surface area contributed by atoms with Gasteiger partial charge in [-0.15, -0.1) is 0 Å². The maximum atomic E-state index is 5.67. The molecular formula is C20H20N2O4. The molecule has 0 bridgehead atoms. The lowest BCUT2D eigenvalue weighted by molar-refractivity contribution is 0.289. The summed E-state index contributed by atoms with van der Waals surface area (Å²) in [5, 5.41) is 0. The Morgan fingerprint density at radius 1 is 0.808 bits per heavy atom. The van der Waals surface area contributed by atoms with Crippen molar-refractivity contribution in [3.8, 4) is 34.3 Å². The Kier molecular flexibility index (Phi) is 5.53. The van der Waals surface area contributed by atoms with Crippen LogP contribution in [0.2, 0.25) is 0 Å². The van der Waals surface area contributed by atoms with Crippen molar-refractivity contribution in [3.63, 3.8) is 0 Å². The molecule has 0 amide bonds. The molecule has 134 valence electrons. The summed E-state index contributed by atoms with van der Waals surface area (Å²) in [5.74, 6) is 2.28. The quantitative estimate of drug-likeness (QED) is 0.645. The van der Waals surface area contributed by atoms with Crippen molar-refractivity contribution in [1.82, 2.24) is 9.97 Å². The van der Waals surface area contributed by atoms with E-state index in [4.69, 9.17) is 18.9 Å². The predicted molar refractivity (Wildman–Crippen MR) is 97.9 cm³/mol. The summed E-state index contributed by atoms with van der Waals surface area (Å²) in [5.41, 5.74) is 2.67. The number of rotatable bonds is 7. The third-order valence-corrected chi connectivity index (χ3v) is 3.83. The molecule has 6 heteroatoms. The Labute approximate surface area is 152 Å². The van der Waals surface area contributed by atoms with Gasteiger partial charge in [-0.1, -0.05) is 6.07 Å². The van der Waals surface area contributed by atoms with Gasteiger partial charge in [0.05, 0.1) is 27.0 Å². The minimum Gasteiger partial charge on any atom is -0.493 e. The first kappa shape index (κ1) is 17.5. The average molecular weight is 352 g/mol. The van der Waals surface area contributed by atoms with E-state index in [2.05, 4.69) is 9.97 Å². The number of ether oxygens (including phenoxy) is 4. The van der Waals surface area contributed by atoms with E-state index in [9.17, 15) is 0 Å². The Morgan fingerprint density at radius 2 is 1.58 bits per heavy atom. The number of hydrogen-bond donors (Lipinski definition) is 0. The van der Waals surface area contributed by atoms with Crippen molar-refractivity contribution in [2.24, 2.45) is 0 Å². The smallest absolute Gasteiger partial charge is 0.213 e. The first-order valence-electron chi connectivity index (χ1n) is 8.04. The molecule has 0 aliphatic rings. The molecule has 0 saturated heterocycles. The van der Waals surface area contributed by atoms with Gasteiger partial charge in [-0.2, -0.15) is 0 Å². The van der Waals surface area contributed by atoms with E-state index in [0.717, 1.165) is 16.8 Å².